The van der Waals surface area contributed by atoms with Crippen molar-refractivity contribution in [1.29, 1.82) is 0 Å². The lowest BCUT2D eigenvalue weighted by Crippen LogP contribution is -2.23. The number of fused-ring (bicyclic) bond motifs is 1. The van der Waals surface area contributed by atoms with Crippen LogP contribution < -0.4 is 0 Å². The largest absolute Gasteiger partial charge is 0.383 e. The molecule has 2 atom stereocenters. The van der Waals surface area contributed by atoms with E-state index < -0.39 is 5.60 Å². The minimum absolute atomic E-state index is 0.137. The van der Waals surface area contributed by atoms with Gasteiger partial charge in [0, 0.05) is 28.2 Å². The van der Waals surface area contributed by atoms with Crippen molar-refractivity contribution in [3.63, 3.8) is 0 Å². The van der Waals surface area contributed by atoms with Crippen molar-refractivity contribution in [2.45, 2.75) is 56.3 Å². The minimum Gasteiger partial charge on any atom is -0.383 e. The SMILES string of the molecule is [C-]#[N+]c1ccc2nc(C3(O)CCC(OCc4c(-c5c(Cl)cccc5Cl)noc4C4CC4)C3)sc2c1. The molecule has 0 radical (unpaired) electrons. The van der Waals surface area contributed by atoms with Crippen LogP contribution in [-0.4, -0.2) is 21.4 Å². The third-order valence-corrected chi connectivity index (χ3v) is 8.62. The van der Waals surface area contributed by atoms with Gasteiger partial charge in [0.05, 0.1) is 34.8 Å². The predicted octanol–water partition coefficient (Wildman–Crippen LogP) is 7.64. The van der Waals surface area contributed by atoms with Gasteiger partial charge in [-0.1, -0.05) is 40.5 Å². The monoisotopic (exact) mass is 525 g/mol. The zero-order valence-corrected chi connectivity index (χ0v) is 21.0. The molecule has 2 aliphatic rings. The molecule has 2 saturated carbocycles. The summed E-state index contributed by atoms with van der Waals surface area (Å²) < 4.78 is 13.0. The van der Waals surface area contributed by atoms with Crippen LogP contribution in [0, 0.1) is 6.57 Å². The van der Waals surface area contributed by atoms with Gasteiger partial charge in [-0.05, 0) is 49.9 Å². The number of nitrogens with zero attached hydrogens (tertiary/aromatic N) is 3. The number of halogens is 2. The third kappa shape index (κ3) is 4.24. The van der Waals surface area contributed by atoms with Crippen LogP contribution in [0.15, 0.2) is 40.9 Å². The van der Waals surface area contributed by atoms with E-state index in [2.05, 4.69) is 15.0 Å². The fourth-order valence-corrected chi connectivity index (χ4v) is 6.45. The molecule has 4 aromatic rings. The number of rotatable bonds is 6. The molecule has 2 heterocycles. The predicted molar refractivity (Wildman–Crippen MR) is 136 cm³/mol. The van der Waals surface area contributed by atoms with Gasteiger partial charge in [0.25, 0.3) is 0 Å². The molecule has 2 aliphatic carbocycles. The Labute approximate surface area is 216 Å². The molecule has 35 heavy (non-hydrogen) atoms. The first-order valence-corrected chi connectivity index (χ1v) is 13.1. The van der Waals surface area contributed by atoms with Crippen molar-refractivity contribution in [2.75, 3.05) is 0 Å². The van der Waals surface area contributed by atoms with Gasteiger partial charge in [-0.15, -0.1) is 11.3 Å². The number of hydrogen-bond donors (Lipinski definition) is 1. The van der Waals surface area contributed by atoms with Crippen LogP contribution in [0.3, 0.4) is 0 Å². The normalized spacial score (nSPS) is 22.1. The number of benzene rings is 2. The summed E-state index contributed by atoms with van der Waals surface area (Å²) in [6.45, 7) is 7.53. The van der Waals surface area contributed by atoms with Gasteiger partial charge in [0.15, 0.2) is 5.69 Å². The van der Waals surface area contributed by atoms with Gasteiger partial charge in [0.1, 0.15) is 22.1 Å². The summed E-state index contributed by atoms with van der Waals surface area (Å²) in [5.74, 6) is 1.19. The fraction of sp³-hybridized carbons (Fsp3) is 0.346. The molecular formula is C26H21Cl2N3O3S. The van der Waals surface area contributed by atoms with E-state index in [1.165, 1.54) is 11.3 Å². The average molecular weight is 526 g/mol. The van der Waals surface area contributed by atoms with Crippen LogP contribution in [0.4, 0.5) is 5.69 Å². The third-order valence-electron chi connectivity index (χ3n) is 6.77. The Hall–Kier alpha value is -2.47. The van der Waals surface area contributed by atoms with Crippen molar-refractivity contribution in [3.05, 3.63) is 74.2 Å². The highest BCUT2D eigenvalue weighted by Crippen LogP contribution is 2.47. The number of aromatic nitrogens is 2. The van der Waals surface area contributed by atoms with Crippen LogP contribution in [-0.2, 0) is 16.9 Å². The molecule has 6 nitrogen and oxygen atoms in total. The molecule has 1 N–H and O–H groups in total. The zero-order valence-electron chi connectivity index (χ0n) is 18.6. The van der Waals surface area contributed by atoms with Gasteiger partial charge in [-0.2, -0.15) is 0 Å². The Morgan fingerprint density at radius 1 is 1.20 bits per heavy atom. The van der Waals surface area contributed by atoms with E-state index in [0.717, 1.165) is 34.4 Å². The van der Waals surface area contributed by atoms with Gasteiger partial charge in [-0.25, -0.2) is 9.83 Å². The fourth-order valence-electron chi connectivity index (χ4n) is 4.75. The van der Waals surface area contributed by atoms with Crippen molar-refractivity contribution < 1.29 is 14.4 Å². The second kappa shape index (κ2) is 8.88. The highest BCUT2D eigenvalue weighted by molar-refractivity contribution is 7.18. The summed E-state index contributed by atoms with van der Waals surface area (Å²) in [5, 5.41) is 17.4. The van der Waals surface area contributed by atoms with Crippen molar-refractivity contribution in [3.8, 4) is 11.3 Å². The van der Waals surface area contributed by atoms with E-state index >= 15 is 0 Å². The van der Waals surface area contributed by atoms with Crippen LogP contribution in [0.1, 0.15) is 54.4 Å². The number of thiazole rings is 1. The first kappa shape index (κ1) is 23.0. The maximum atomic E-state index is 11.4. The Morgan fingerprint density at radius 3 is 2.74 bits per heavy atom. The summed E-state index contributed by atoms with van der Waals surface area (Å²) >= 11 is 14.4. The Morgan fingerprint density at radius 2 is 2.00 bits per heavy atom. The second-order valence-electron chi connectivity index (χ2n) is 9.24. The topological polar surface area (TPSA) is 72.7 Å². The summed E-state index contributed by atoms with van der Waals surface area (Å²) in [7, 11) is 0. The molecule has 0 bridgehead atoms. The molecule has 0 saturated heterocycles. The molecule has 2 unspecified atom stereocenters. The van der Waals surface area contributed by atoms with E-state index in [4.69, 9.17) is 39.0 Å². The van der Waals surface area contributed by atoms with Gasteiger partial charge < -0.3 is 14.4 Å². The van der Waals surface area contributed by atoms with Crippen LogP contribution in [0.2, 0.25) is 10.0 Å². The Kier molecular flexibility index (Phi) is 5.82. The lowest BCUT2D eigenvalue weighted by molar-refractivity contribution is -0.00108. The number of aliphatic hydroxyl groups is 1. The number of ether oxygens (including phenoxy) is 1. The molecule has 6 rings (SSSR count). The van der Waals surface area contributed by atoms with Crippen molar-refractivity contribution in [2.24, 2.45) is 0 Å². The smallest absolute Gasteiger partial charge is 0.188 e. The molecule has 178 valence electrons. The summed E-state index contributed by atoms with van der Waals surface area (Å²) in [4.78, 5) is 8.15. The lowest BCUT2D eigenvalue weighted by atomic mass is 10.0. The summed E-state index contributed by atoms with van der Waals surface area (Å²) in [5.41, 5.74) is 2.48. The van der Waals surface area contributed by atoms with Crippen LogP contribution >= 0.6 is 34.5 Å². The molecule has 9 heteroatoms. The molecular weight excluding hydrogens is 505 g/mol. The highest BCUT2D eigenvalue weighted by atomic mass is 35.5. The molecule has 0 amide bonds. The maximum absolute atomic E-state index is 11.4. The first-order valence-electron chi connectivity index (χ1n) is 11.5. The molecule has 2 aromatic carbocycles. The second-order valence-corrected chi connectivity index (χ2v) is 11.1. The van der Waals surface area contributed by atoms with Crippen molar-refractivity contribution in [1.82, 2.24) is 10.1 Å². The van der Waals surface area contributed by atoms with Gasteiger partial charge in [-0.3, -0.25) is 0 Å². The van der Waals surface area contributed by atoms with Crippen LogP contribution in [0.5, 0.6) is 0 Å². The summed E-state index contributed by atoms with van der Waals surface area (Å²) in [6, 6.07) is 10.8. The zero-order chi connectivity index (χ0) is 24.2. The van der Waals surface area contributed by atoms with E-state index in [9.17, 15) is 5.11 Å². The van der Waals surface area contributed by atoms with Gasteiger partial charge in [0.2, 0.25) is 0 Å². The Bertz CT molecular complexity index is 1450. The lowest BCUT2D eigenvalue weighted by Gasteiger charge is -2.20. The number of hydrogen-bond acceptors (Lipinski definition) is 6. The Balaban J connectivity index is 1.23. The van der Waals surface area contributed by atoms with Crippen LogP contribution in [0.25, 0.3) is 26.3 Å². The average Bonchev–Trinajstić information content (AvgIpc) is 3.28. The standard InChI is InChI=1S/C26H21Cl2N3O3S/c1-29-15-7-8-20-21(11-15)35-25(30-20)26(32)10-9-16(12-26)33-13-17-23(31-34-24(17)14-5-6-14)22-18(27)3-2-4-19(22)28/h2-4,7-8,11,14,16,32H,5-6,9-10,12-13H2. The van der Waals surface area contributed by atoms with E-state index in [1.54, 1.807) is 24.3 Å². The molecule has 2 aromatic heterocycles. The van der Waals surface area contributed by atoms with Gasteiger partial charge >= 0.3 is 0 Å². The summed E-state index contributed by atoms with van der Waals surface area (Å²) in [6.07, 6.45) is 3.72. The molecule has 0 spiro atoms. The first-order chi connectivity index (χ1) is 16.9. The highest BCUT2D eigenvalue weighted by Gasteiger charge is 2.42. The minimum atomic E-state index is -1.05. The van der Waals surface area contributed by atoms with Crippen molar-refractivity contribution >= 4 is 50.4 Å². The van der Waals surface area contributed by atoms with E-state index in [1.807, 2.05) is 12.1 Å². The molecule has 0 aliphatic heterocycles. The van der Waals surface area contributed by atoms with E-state index in [-0.39, 0.29) is 6.10 Å². The molecule has 2 fully saturated rings. The quantitative estimate of drug-likeness (QED) is 0.262. The maximum Gasteiger partial charge on any atom is 0.188 e. The van der Waals surface area contributed by atoms with E-state index in [0.29, 0.717) is 63.8 Å².